The van der Waals surface area contributed by atoms with Crippen LogP contribution >= 0.6 is 11.3 Å². The van der Waals surface area contributed by atoms with Gasteiger partial charge in [0.2, 0.25) is 0 Å². The van der Waals surface area contributed by atoms with E-state index in [9.17, 15) is 4.79 Å². The van der Waals surface area contributed by atoms with Crippen LogP contribution < -0.4 is 5.32 Å². The van der Waals surface area contributed by atoms with E-state index in [0.29, 0.717) is 26.3 Å². The Morgan fingerprint density at radius 2 is 2.21 bits per heavy atom. The summed E-state index contributed by atoms with van der Waals surface area (Å²) in [5, 5.41) is 6.11. The fourth-order valence-electron chi connectivity index (χ4n) is 2.74. The minimum Gasteiger partial charge on any atom is -0.377 e. The van der Waals surface area contributed by atoms with Crippen LogP contribution in [0.4, 0.5) is 4.79 Å². The zero-order valence-electron chi connectivity index (χ0n) is 13.9. The van der Waals surface area contributed by atoms with Gasteiger partial charge in [0.1, 0.15) is 0 Å². The zero-order chi connectivity index (χ0) is 16.8. The number of hydrogen-bond acceptors (Lipinski definition) is 4. The maximum Gasteiger partial charge on any atom is 0.318 e. The normalized spacial score (nSPS) is 17.7. The van der Waals surface area contributed by atoms with Crippen molar-refractivity contribution >= 4 is 17.4 Å². The number of morpholine rings is 1. The summed E-state index contributed by atoms with van der Waals surface area (Å²) in [6, 6.07) is 10.5. The highest BCUT2D eigenvalue weighted by molar-refractivity contribution is 7.09. The van der Waals surface area contributed by atoms with Gasteiger partial charge in [-0.05, 0) is 18.9 Å². The van der Waals surface area contributed by atoms with E-state index in [1.165, 1.54) is 5.56 Å². The Hall–Kier alpha value is -1.92. The number of ether oxygens (including phenoxy) is 1. The highest BCUT2D eigenvalue weighted by Crippen LogP contribution is 2.13. The Morgan fingerprint density at radius 1 is 1.38 bits per heavy atom. The molecule has 0 saturated carbocycles. The predicted molar refractivity (Wildman–Crippen MR) is 95.2 cm³/mol. The number of benzene rings is 1. The van der Waals surface area contributed by atoms with Crippen molar-refractivity contribution in [2.75, 3.05) is 19.8 Å². The summed E-state index contributed by atoms with van der Waals surface area (Å²) < 4.78 is 5.36. The molecule has 0 aliphatic carbocycles. The molecule has 1 unspecified atom stereocenters. The third-order valence-electron chi connectivity index (χ3n) is 4.12. The number of carbonyl (C=O) groups is 1. The summed E-state index contributed by atoms with van der Waals surface area (Å²) in [6.07, 6.45) is 1.93. The summed E-state index contributed by atoms with van der Waals surface area (Å²) in [5.41, 5.74) is 2.25. The predicted octanol–water partition coefficient (Wildman–Crippen LogP) is 2.86. The first-order valence-corrected chi connectivity index (χ1v) is 9.20. The Bertz CT molecular complexity index is 659. The largest absolute Gasteiger partial charge is 0.377 e. The van der Waals surface area contributed by atoms with Crippen molar-refractivity contribution in [3.63, 3.8) is 0 Å². The van der Waals surface area contributed by atoms with Crippen molar-refractivity contribution in [3.8, 4) is 0 Å². The van der Waals surface area contributed by atoms with Gasteiger partial charge in [-0.25, -0.2) is 9.78 Å². The average molecular weight is 345 g/mol. The number of aryl methyl sites for hydroxylation is 2. The Balaban J connectivity index is 1.46. The number of carbonyl (C=O) groups excluding carboxylic acids is 1. The summed E-state index contributed by atoms with van der Waals surface area (Å²) >= 11 is 1.66. The summed E-state index contributed by atoms with van der Waals surface area (Å²) in [6.45, 7) is 4.34. The van der Waals surface area contributed by atoms with Crippen molar-refractivity contribution in [2.24, 2.45) is 0 Å². The SMILES string of the molecule is CC1COCCN1C(=O)NCc1csc(CCc2ccccc2)n1. The maximum atomic E-state index is 12.2. The molecule has 0 radical (unpaired) electrons. The fraction of sp³-hybridized carbons (Fsp3) is 0.444. The molecule has 2 aromatic rings. The van der Waals surface area contributed by atoms with Crippen LogP contribution in [-0.2, 0) is 24.1 Å². The van der Waals surface area contributed by atoms with Gasteiger partial charge in [-0.3, -0.25) is 0 Å². The van der Waals surface area contributed by atoms with Crippen LogP contribution in [0.5, 0.6) is 0 Å². The molecule has 1 aliphatic rings. The third kappa shape index (κ3) is 4.55. The molecule has 0 spiro atoms. The van der Waals surface area contributed by atoms with Crippen molar-refractivity contribution in [1.82, 2.24) is 15.2 Å². The van der Waals surface area contributed by atoms with Gasteiger partial charge in [-0.1, -0.05) is 30.3 Å². The second-order valence-electron chi connectivity index (χ2n) is 5.99. The Kier molecular flexibility index (Phi) is 5.82. The van der Waals surface area contributed by atoms with Crippen LogP contribution in [0.1, 0.15) is 23.2 Å². The molecule has 128 valence electrons. The van der Waals surface area contributed by atoms with Crippen molar-refractivity contribution in [3.05, 3.63) is 52.0 Å². The maximum absolute atomic E-state index is 12.2. The van der Waals surface area contributed by atoms with Gasteiger partial charge in [0, 0.05) is 18.3 Å². The highest BCUT2D eigenvalue weighted by atomic mass is 32.1. The van der Waals surface area contributed by atoms with Crippen LogP contribution in [0.3, 0.4) is 0 Å². The second kappa shape index (κ2) is 8.26. The lowest BCUT2D eigenvalue weighted by molar-refractivity contribution is 0.0189. The Labute approximate surface area is 146 Å². The number of nitrogens with zero attached hydrogens (tertiary/aromatic N) is 2. The van der Waals surface area contributed by atoms with Crippen molar-refractivity contribution in [1.29, 1.82) is 0 Å². The van der Waals surface area contributed by atoms with Crippen LogP contribution in [-0.4, -0.2) is 41.7 Å². The molecule has 1 N–H and O–H groups in total. The van der Waals surface area contributed by atoms with Crippen molar-refractivity contribution in [2.45, 2.75) is 32.4 Å². The number of aromatic nitrogens is 1. The fourth-order valence-corrected chi connectivity index (χ4v) is 3.54. The molecular formula is C18H23N3O2S. The van der Waals surface area contributed by atoms with Crippen LogP contribution in [0.15, 0.2) is 35.7 Å². The van der Waals surface area contributed by atoms with Gasteiger partial charge < -0.3 is 15.0 Å². The minimum atomic E-state index is -0.0374. The molecule has 6 heteroatoms. The summed E-state index contributed by atoms with van der Waals surface area (Å²) in [7, 11) is 0. The first-order chi connectivity index (χ1) is 11.7. The number of rotatable bonds is 5. The molecular weight excluding hydrogens is 322 g/mol. The molecule has 5 nitrogen and oxygen atoms in total. The summed E-state index contributed by atoms with van der Waals surface area (Å²) in [5.74, 6) is 0. The Morgan fingerprint density at radius 3 is 3.00 bits per heavy atom. The molecule has 1 atom stereocenters. The average Bonchev–Trinajstić information content (AvgIpc) is 3.07. The lowest BCUT2D eigenvalue weighted by Crippen LogP contribution is -2.51. The lowest BCUT2D eigenvalue weighted by Gasteiger charge is -2.33. The zero-order valence-corrected chi connectivity index (χ0v) is 14.7. The molecule has 1 fully saturated rings. The first kappa shape index (κ1) is 16.9. The van der Waals surface area contributed by atoms with Crippen LogP contribution in [0, 0.1) is 0 Å². The first-order valence-electron chi connectivity index (χ1n) is 8.32. The smallest absolute Gasteiger partial charge is 0.318 e. The number of thiazole rings is 1. The van der Waals surface area contributed by atoms with Crippen molar-refractivity contribution < 1.29 is 9.53 Å². The van der Waals surface area contributed by atoms with Gasteiger partial charge in [0.15, 0.2) is 0 Å². The third-order valence-corrected chi connectivity index (χ3v) is 5.08. The quantitative estimate of drug-likeness (QED) is 0.906. The van der Waals surface area contributed by atoms with Gasteiger partial charge in [0.05, 0.1) is 36.5 Å². The minimum absolute atomic E-state index is 0.0374. The molecule has 24 heavy (non-hydrogen) atoms. The van der Waals surface area contributed by atoms with E-state index in [-0.39, 0.29) is 12.1 Å². The van der Waals surface area contributed by atoms with E-state index in [0.717, 1.165) is 23.5 Å². The van der Waals surface area contributed by atoms with Crippen LogP contribution in [0.25, 0.3) is 0 Å². The van der Waals surface area contributed by atoms with E-state index in [2.05, 4.69) is 34.6 Å². The topological polar surface area (TPSA) is 54.5 Å². The summed E-state index contributed by atoms with van der Waals surface area (Å²) in [4.78, 5) is 18.7. The van der Waals surface area contributed by atoms with E-state index in [1.54, 1.807) is 11.3 Å². The molecule has 2 amide bonds. The molecule has 3 rings (SSSR count). The number of urea groups is 1. The van der Waals surface area contributed by atoms with E-state index in [4.69, 9.17) is 4.74 Å². The standard InChI is InChI=1S/C18H23N3O2S/c1-14-12-23-10-9-21(14)18(22)19-11-16-13-24-17(20-16)8-7-15-5-3-2-4-6-15/h2-6,13-14H,7-12H2,1H3,(H,19,22). The van der Waals surface area contributed by atoms with Gasteiger partial charge in [-0.15, -0.1) is 11.3 Å². The van der Waals surface area contributed by atoms with E-state index in [1.807, 2.05) is 23.3 Å². The van der Waals surface area contributed by atoms with E-state index < -0.39 is 0 Å². The molecule has 1 aromatic carbocycles. The van der Waals surface area contributed by atoms with Crippen LogP contribution in [0.2, 0.25) is 0 Å². The number of amides is 2. The molecule has 1 aliphatic heterocycles. The number of nitrogens with one attached hydrogen (secondary N) is 1. The second-order valence-corrected chi connectivity index (χ2v) is 6.94. The lowest BCUT2D eigenvalue weighted by atomic mass is 10.1. The van der Waals surface area contributed by atoms with Gasteiger partial charge >= 0.3 is 6.03 Å². The molecule has 2 heterocycles. The number of hydrogen-bond donors (Lipinski definition) is 1. The van der Waals surface area contributed by atoms with E-state index >= 15 is 0 Å². The molecule has 0 bridgehead atoms. The van der Waals surface area contributed by atoms with Gasteiger partial charge in [0.25, 0.3) is 0 Å². The molecule has 1 saturated heterocycles. The monoisotopic (exact) mass is 345 g/mol. The van der Waals surface area contributed by atoms with Gasteiger partial charge in [-0.2, -0.15) is 0 Å². The highest BCUT2D eigenvalue weighted by Gasteiger charge is 2.23. The molecule has 1 aromatic heterocycles.